The molecule has 0 amide bonds. The lowest BCUT2D eigenvalue weighted by Crippen LogP contribution is -2.36. The quantitative estimate of drug-likeness (QED) is 0.895. The number of carboxylic acid groups (broad SMARTS) is 1. The van der Waals surface area contributed by atoms with Crippen molar-refractivity contribution in [3.63, 3.8) is 0 Å². The van der Waals surface area contributed by atoms with Crippen LogP contribution in [0.15, 0.2) is 30.5 Å². The van der Waals surface area contributed by atoms with Crippen LogP contribution in [0.3, 0.4) is 0 Å². The molecule has 1 aromatic heterocycles. The predicted molar refractivity (Wildman–Crippen MR) is 89.3 cm³/mol. The maximum absolute atomic E-state index is 11.3. The Morgan fingerprint density at radius 3 is 2.54 bits per heavy atom. The number of carbonyl (C=O) groups is 1. The summed E-state index contributed by atoms with van der Waals surface area (Å²) in [6.07, 6.45) is 1.70. The lowest BCUT2D eigenvalue weighted by molar-refractivity contribution is -0.142. The van der Waals surface area contributed by atoms with Crippen LogP contribution >= 0.6 is 0 Å². The second-order valence-corrected chi connectivity index (χ2v) is 6.50. The molecule has 7 nitrogen and oxygen atoms in total. The van der Waals surface area contributed by atoms with E-state index in [1.165, 1.54) is 5.69 Å². The Kier molecular flexibility index (Phi) is 4.53. The predicted octanol–water partition coefficient (Wildman–Crippen LogP) is 1.53. The molecule has 1 N–H and O–H groups in total. The van der Waals surface area contributed by atoms with Crippen molar-refractivity contribution in [3.8, 4) is 0 Å². The van der Waals surface area contributed by atoms with Crippen molar-refractivity contribution in [1.82, 2.24) is 15.0 Å². The van der Waals surface area contributed by atoms with Crippen LogP contribution in [0.1, 0.15) is 25.1 Å². The standard InChI is InChI=1S/C17H22N4O3/c1-17(2,16(22)23)15-12-21(19-18-15)11-13-3-5-14(6-4-13)20-7-9-24-10-8-20/h3-6,12H,7-11H2,1-2H3,(H,22,23). The number of hydrogen-bond donors (Lipinski definition) is 1. The van der Waals surface area contributed by atoms with Gasteiger partial charge in [0, 0.05) is 25.0 Å². The van der Waals surface area contributed by atoms with Gasteiger partial charge < -0.3 is 14.7 Å². The summed E-state index contributed by atoms with van der Waals surface area (Å²) in [6.45, 7) is 7.17. The Morgan fingerprint density at radius 1 is 1.25 bits per heavy atom. The number of rotatable bonds is 5. The molecule has 2 aromatic rings. The van der Waals surface area contributed by atoms with Crippen molar-refractivity contribution in [1.29, 1.82) is 0 Å². The Morgan fingerprint density at radius 2 is 1.92 bits per heavy atom. The van der Waals surface area contributed by atoms with E-state index in [1.807, 2.05) is 0 Å². The molecule has 24 heavy (non-hydrogen) atoms. The fourth-order valence-corrected chi connectivity index (χ4v) is 2.59. The third-order valence-corrected chi connectivity index (χ3v) is 4.37. The molecule has 1 aliphatic heterocycles. The van der Waals surface area contributed by atoms with Crippen molar-refractivity contribution in [3.05, 3.63) is 41.7 Å². The van der Waals surface area contributed by atoms with Gasteiger partial charge in [-0.2, -0.15) is 0 Å². The number of aromatic nitrogens is 3. The molecule has 0 aliphatic carbocycles. The summed E-state index contributed by atoms with van der Waals surface area (Å²) < 4.78 is 7.04. The Balaban J connectivity index is 1.68. The van der Waals surface area contributed by atoms with E-state index < -0.39 is 11.4 Å². The molecule has 1 saturated heterocycles. The van der Waals surface area contributed by atoms with Crippen LogP contribution in [0.2, 0.25) is 0 Å². The molecule has 1 aliphatic rings. The molecular weight excluding hydrogens is 308 g/mol. The first-order valence-corrected chi connectivity index (χ1v) is 8.02. The Hall–Kier alpha value is -2.41. The summed E-state index contributed by atoms with van der Waals surface area (Å²) in [5.41, 5.74) is 1.70. The van der Waals surface area contributed by atoms with Crippen LogP contribution in [-0.2, 0) is 21.5 Å². The van der Waals surface area contributed by atoms with Gasteiger partial charge in [0.25, 0.3) is 0 Å². The largest absolute Gasteiger partial charge is 0.481 e. The zero-order valence-electron chi connectivity index (χ0n) is 14.0. The number of aliphatic carboxylic acids is 1. The van der Waals surface area contributed by atoms with Gasteiger partial charge in [0.1, 0.15) is 5.41 Å². The summed E-state index contributed by atoms with van der Waals surface area (Å²) in [4.78, 5) is 13.6. The van der Waals surface area contributed by atoms with E-state index in [0.717, 1.165) is 31.9 Å². The second kappa shape index (κ2) is 6.60. The normalized spacial score (nSPS) is 15.5. The van der Waals surface area contributed by atoms with Crippen molar-refractivity contribution in [2.75, 3.05) is 31.2 Å². The number of hydrogen-bond acceptors (Lipinski definition) is 5. The van der Waals surface area contributed by atoms with E-state index >= 15 is 0 Å². The summed E-state index contributed by atoms with van der Waals surface area (Å²) in [6, 6.07) is 8.32. The van der Waals surface area contributed by atoms with Crippen molar-refractivity contribution >= 4 is 11.7 Å². The molecule has 0 unspecified atom stereocenters. The summed E-state index contributed by atoms with van der Waals surface area (Å²) in [7, 11) is 0. The zero-order chi connectivity index (χ0) is 17.2. The van der Waals surface area contributed by atoms with Gasteiger partial charge in [-0.05, 0) is 31.5 Å². The Labute approximate surface area is 140 Å². The highest BCUT2D eigenvalue weighted by molar-refractivity contribution is 5.79. The molecule has 2 heterocycles. The first-order valence-electron chi connectivity index (χ1n) is 8.02. The summed E-state index contributed by atoms with van der Waals surface area (Å²) >= 11 is 0. The van der Waals surface area contributed by atoms with E-state index in [-0.39, 0.29) is 0 Å². The molecule has 7 heteroatoms. The number of anilines is 1. The molecule has 3 rings (SSSR count). The van der Waals surface area contributed by atoms with Crippen LogP contribution in [-0.4, -0.2) is 52.4 Å². The molecular formula is C17H22N4O3. The monoisotopic (exact) mass is 330 g/mol. The number of benzene rings is 1. The summed E-state index contributed by atoms with van der Waals surface area (Å²) in [5, 5.41) is 17.3. The number of carboxylic acids is 1. The first-order chi connectivity index (χ1) is 11.5. The third-order valence-electron chi connectivity index (χ3n) is 4.37. The molecule has 0 spiro atoms. The average molecular weight is 330 g/mol. The van der Waals surface area contributed by atoms with Gasteiger partial charge >= 0.3 is 5.97 Å². The summed E-state index contributed by atoms with van der Waals surface area (Å²) in [5.74, 6) is -0.913. The molecule has 1 aromatic carbocycles. The van der Waals surface area contributed by atoms with E-state index in [4.69, 9.17) is 4.74 Å². The zero-order valence-corrected chi connectivity index (χ0v) is 14.0. The highest BCUT2D eigenvalue weighted by atomic mass is 16.5. The molecule has 0 saturated carbocycles. The van der Waals surface area contributed by atoms with E-state index in [1.54, 1.807) is 24.7 Å². The minimum absolute atomic E-state index is 0.458. The SMILES string of the molecule is CC(C)(C(=O)O)c1cn(Cc2ccc(N3CCOCC3)cc2)nn1. The van der Waals surface area contributed by atoms with Gasteiger partial charge in [0.2, 0.25) is 0 Å². The molecule has 0 radical (unpaired) electrons. The van der Waals surface area contributed by atoms with E-state index in [9.17, 15) is 9.90 Å². The second-order valence-electron chi connectivity index (χ2n) is 6.50. The van der Waals surface area contributed by atoms with Gasteiger partial charge in [0.05, 0.1) is 25.5 Å². The number of nitrogens with zero attached hydrogens (tertiary/aromatic N) is 4. The van der Waals surface area contributed by atoms with Gasteiger partial charge in [-0.1, -0.05) is 17.3 Å². The smallest absolute Gasteiger partial charge is 0.315 e. The number of morpholine rings is 1. The van der Waals surface area contributed by atoms with Gasteiger partial charge in [-0.15, -0.1) is 5.10 Å². The fraction of sp³-hybridized carbons (Fsp3) is 0.471. The fourth-order valence-electron chi connectivity index (χ4n) is 2.59. The first kappa shape index (κ1) is 16.4. The lowest BCUT2D eigenvalue weighted by atomic mass is 9.90. The maximum atomic E-state index is 11.3. The Bertz CT molecular complexity index is 703. The average Bonchev–Trinajstić information content (AvgIpc) is 3.05. The van der Waals surface area contributed by atoms with Crippen molar-refractivity contribution < 1.29 is 14.6 Å². The van der Waals surface area contributed by atoms with Crippen LogP contribution < -0.4 is 4.90 Å². The van der Waals surface area contributed by atoms with Gasteiger partial charge in [-0.3, -0.25) is 4.79 Å². The van der Waals surface area contributed by atoms with Crippen LogP contribution in [0.4, 0.5) is 5.69 Å². The van der Waals surface area contributed by atoms with Crippen LogP contribution in [0.5, 0.6) is 0 Å². The topological polar surface area (TPSA) is 80.5 Å². The van der Waals surface area contributed by atoms with Crippen molar-refractivity contribution in [2.24, 2.45) is 0 Å². The maximum Gasteiger partial charge on any atom is 0.315 e. The lowest BCUT2D eigenvalue weighted by Gasteiger charge is -2.28. The van der Waals surface area contributed by atoms with E-state index in [0.29, 0.717) is 12.2 Å². The van der Waals surface area contributed by atoms with E-state index in [2.05, 4.69) is 39.5 Å². The van der Waals surface area contributed by atoms with Crippen molar-refractivity contribution in [2.45, 2.75) is 25.8 Å². The third kappa shape index (κ3) is 3.41. The molecule has 0 bridgehead atoms. The molecule has 1 fully saturated rings. The molecule has 0 atom stereocenters. The number of ether oxygens (including phenoxy) is 1. The van der Waals surface area contributed by atoms with Crippen LogP contribution in [0.25, 0.3) is 0 Å². The highest BCUT2D eigenvalue weighted by Crippen LogP contribution is 2.21. The van der Waals surface area contributed by atoms with Gasteiger partial charge in [0.15, 0.2) is 0 Å². The van der Waals surface area contributed by atoms with Gasteiger partial charge in [-0.25, -0.2) is 4.68 Å². The molecule has 128 valence electrons. The van der Waals surface area contributed by atoms with Crippen LogP contribution in [0, 0.1) is 0 Å². The minimum Gasteiger partial charge on any atom is -0.481 e. The highest BCUT2D eigenvalue weighted by Gasteiger charge is 2.32. The minimum atomic E-state index is -1.04.